The first-order valence-electron chi connectivity index (χ1n) is 10.7. The van der Waals surface area contributed by atoms with Crippen LogP contribution in [-0.2, 0) is 4.79 Å². The molecule has 1 heterocycles. The molecule has 0 spiro atoms. The number of ether oxygens (including phenoxy) is 2. The van der Waals surface area contributed by atoms with Gasteiger partial charge in [-0.3, -0.25) is 14.3 Å². The van der Waals surface area contributed by atoms with Crippen molar-refractivity contribution in [3.05, 3.63) is 72.2 Å². The smallest absolute Gasteiger partial charge is 0.262 e. The second kappa shape index (κ2) is 12.9. The molecule has 2 N–H and O–H groups in total. The molecule has 0 fully saturated rings. The van der Waals surface area contributed by atoms with Crippen LogP contribution in [0.3, 0.4) is 0 Å². The van der Waals surface area contributed by atoms with Crippen LogP contribution in [-0.4, -0.2) is 46.0 Å². The van der Waals surface area contributed by atoms with Crippen molar-refractivity contribution in [2.75, 3.05) is 18.6 Å². The Kier molecular flexibility index (Phi) is 9.93. The highest BCUT2D eigenvalue weighted by Gasteiger charge is 2.15. The third-order valence-electron chi connectivity index (χ3n) is 4.53. The number of amides is 1. The molecule has 184 valence electrons. The number of nitriles is 1. The number of hydrogen-bond donors (Lipinski definition) is 2. The summed E-state index contributed by atoms with van der Waals surface area (Å²) in [6.45, 7) is 7.68. The van der Waals surface area contributed by atoms with Crippen LogP contribution in [0.4, 0.5) is 10.2 Å². The lowest BCUT2D eigenvalue weighted by atomic mass is 10.1. The van der Waals surface area contributed by atoms with Gasteiger partial charge in [0, 0.05) is 35.5 Å². The highest BCUT2D eigenvalue weighted by Crippen LogP contribution is 2.26. The van der Waals surface area contributed by atoms with E-state index in [4.69, 9.17) is 14.7 Å². The van der Waals surface area contributed by atoms with Crippen LogP contribution in [0.1, 0.15) is 37.2 Å². The number of aliphatic hydroxyl groups is 1. The standard InChI is InChI=1S/C25H27FN4O5/c1-5-18(23(32)14-27)6-7-20(13-26)35-22-11-19(10-21(12-22)34-17(4)15-31)25(33)28-24-8-9-30(29-24)16(2)3/h5-12,16-17,31H,1,13,15H2,2-4H3,(H,28,29,33)/b18-6+,20-7+/t17-/m0/s1. The van der Waals surface area contributed by atoms with E-state index in [1.54, 1.807) is 23.9 Å². The summed E-state index contributed by atoms with van der Waals surface area (Å²) in [7, 11) is 0. The fourth-order valence-corrected chi connectivity index (χ4v) is 2.72. The van der Waals surface area contributed by atoms with E-state index in [1.807, 2.05) is 13.8 Å². The Morgan fingerprint density at radius 3 is 2.57 bits per heavy atom. The van der Waals surface area contributed by atoms with Crippen LogP contribution in [0.15, 0.2) is 66.6 Å². The molecule has 1 aromatic carbocycles. The molecule has 0 saturated heterocycles. The zero-order valence-electron chi connectivity index (χ0n) is 19.7. The van der Waals surface area contributed by atoms with Gasteiger partial charge in [0.05, 0.1) is 6.61 Å². The van der Waals surface area contributed by atoms with E-state index >= 15 is 0 Å². The van der Waals surface area contributed by atoms with E-state index in [9.17, 15) is 19.1 Å². The van der Waals surface area contributed by atoms with Gasteiger partial charge < -0.3 is 19.9 Å². The molecule has 2 rings (SSSR count). The fourth-order valence-electron chi connectivity index (χ4n) is 2.72. The molecular formula is C25H27FN4O5. The molecule has 9 nitrogen and oxygen atoms in total. The zero-order valence-corrected chi connectivity index (χ0v) is 19.7. The summed E-state index contributed by atoms with van der Waals surface area (Å²) in [5, 5.41) is 25.0. The number of carbonyl (C=O) groups excluding carboxylic acids is 2. The second-order valence-corrected chi connectivity index (χ2v) is 7.67. The van der Waals surface area contributed by atoms with E-state index in [1.165, 1.54) is 42.5 Å². The normalized spacial score (nSPS) is 12.6. The predicted molar refractivity (Wildman–Crippen MR) is 128 cm³/mol. The summed E-state index contributed by atoms with van der Waals surface area (Å²) in [6.07, 6.45) is 4.73. The molecule has 0 saturated carbocycles. The Hall–Kier alpha value is -4.23. The van der Waals surface area contributed by atoms with Crippen molar-refractivity contribution in [1.29, 1.82) is 5.26 Å². The number of nitrogens with one attached hydrogen (secondary N) is 1. The number of rotatable bonds is 12. The van der Waals surface area contributed by atoms with Crippen LogP contribution < -0.4 is 14.8 Å². The van der Waals surface area contributed by atoms with Gasteiger partial charge in [0.1, 0.15) is 36.1 Å². The molecule has 0 radical (unpaired) electrons. The number of aliphatic hydroxyl groups excluding tert-OH is 1. The van der Waals surface area contributed by atoms with E-state index < -0.39 is 24.5 Å². The Labute approximate surface area is 202 Å². The maximum absolute atomic E-state index is 13.6. The summed E-state index contributed by atoms with van der Waals surface area (Å²) < 4.78 is 26.5. The molecule has 1 amide bonds. The first kappa shape index (κ1) is 27.0. The fraction of sp³-hybridized carbons (Fsp3) is 0.280. The number of Topliss-reactive ketones (excluding diaryl/α,β-unsaturated/α-hetero) is 1. The first-order chi connectivity index (χ1) is 16.7. The number of ketones is 1. The number of carbonyl (C=O) groups is 2. The van der Waals surface area contributed by atoms with Gasteiger partial charge in [-0.25, -0.2) is 4.39 Å². The summed E-state index contributed by atoms with van der Waals surface area (Å²) in [6, 6.07) is 7.48. The van der Waals surface area contributed by atoms with Crippen molar-refractivity contribution >= 4 is 17.5 Å². The minimum atomic E-state index is -1.03. The lowest BCUT2D eigenvalue weighted by Gasteiger charge is -2.15. The molecule has 1 atom stereocenters. The van der Waals surface area contributed by atoms with Crippen LogP contribution >= 0.6 is 0 Å². The predicted octanol–water partition coefficient (Wildman–Crippen LogP) is 3.91. The van der Waals surface area contributed by atoms with Crippen LogP contribution in [0, 0.1) is 11.3 Å². The zero-order chi connectivity index (χ0) is 26.0. The van der Waals surface area contributed by atoms with Gasteiger partial charge in [0.15, 0.2) is 5.82 Å². The van der Waals surface area contributed by atoms with Crippen molar-refractivity contribution in [2.45, 2.75) is 32.9 Å². The molecule has 35 heavy (non-hydrogen) atoms. The van der Waals surface area contributed by atoms with Crippen molar-refractivity contribution < 1.29 is 28.6 Å². The Bertz CT molecular complexity index is 1180. The summed E-state index contributed by atoms with van der Waals surface area (Å²) in [4.78, 5) is 24.4. The second-order valence-electron chi connectivity index (χ2n) is 7.67. The summed E-state index contributed by atoms with van der Waals surface area (Å²) in [5.74, 6) is -0.900. The van der Waals surface area contributed by atoms with Crippen molar-refractivity contribution in [1.82, 2.24) is 9.78 Å². The van der Waals surface area contributed by atoms with E-state index in [0.717, 1.165) is 0 Å². The van der Waals surface area contributed by atoms with Crippen LogP contribution in [0.5, 0.6) is 11.5 Å². The number of benzene rings is 1. The average Bonchev–Trinajstić information content (AvgIpc) is 3.31. The Morgan fingerprint density at radius 1 is 1.29 bits per heavy atom. The van der Waals surface area contributed by atoms with Crippen molar-refractivity contribution in [3.63, 3.8) is 0 Å². The van der Waals surface area contributed by atoms with Gasteiger partial charge in [0.2, 0.25) is 0 Å². The van der Waals surface area contributed by atoms with Crippen molar-refractivity contribution in [3.8, 4) is 17.6 Å². The third kappa shape index (κ3) is 7.94. The quantitative estimate of drug-likeness (QED) is 0.203. The van der Waals surface area contributed by atoms with Gasteiger partial charge in [-0.15, -0.1) is 0 Å². The highest BCUT2D eigenvalue weighted by molar-refractivity contribution is 6.09. The van der Waals surface area contributed by atoms with E-state index in [2.05, 4.69) is 17.0 Å². The number of hydrogen-bond acceptors (Lipinski definition) is 7. The largest absolute Gasteiger partial charge is 0.488 e. The number of allylic oxidation sites excluding steroid dienone is 5. The number of halogens is 1. The Balaban J connectivity index is 2.37. The highest BCUT2D eigenvalue weighted by atomic mass is 19.1. The van der Waals surface area contributed by atoms with Gasteiger partial charge in [-0.05, 0) is 45.1 Å². The van der Waals surface area contributed by atoms with Gasteiger partial charge in [0.25, 0.3) is 11.7 Å². The van der Waals surface area contributed by atoms with E-state index in [0.29, 0.717) is 5.82 Å². The van der Waals surface area contributed by atoms with Crippen LogP contribution in [0.2, 0.25) is 0 Å². The minimum Gasteiger partial charge on any atom is -0.488 e. The van der Waals surface area contributed by atoms with Gasteiger partial charge >= 0.3 is 0 Å². The molecule has 0 aliphatic rings. The minimum absolute atomic E-state index is 0.0307. The topological polar surface area (TPSA) is 126 Å². The lowest BCUT2D eigenvalue weighted by Crippen LogP contribution is -2.17. The average molecular weight is 483 g/mol. The molecule has 0 aliphatic carbocycles. The molecule has 10 heteroatoms. The van der Waals surface area contributed by atoms with Gasteiger partial charge in [-0.2, -0.15) is 10.4 Å². The molecule has 0 aliphatic heterocycles. The molecule has 2 aromatic rings. The van der Waals surface area contributed by atoms with Crippen LogP contribution in [0.25, 0.3) is 0 Å². The Morgan fingerprint density at radius 2 is 2.00 bits per heavy atom. The summed E-state index contributed by atoms with van der Waals surface area (Å²) >= 11 is 0. The molecule has 0 bridgehead atoms. The number of anilines is 1. The van der Waals surface area contributed by atoms with Crippen molar-refractivity contribution in [2.24, 2.45) is 0 Å². The number of aromatic nitrogens is 2. The maximum atomic E-state index is 13.6. The number of alkyl halides is 1. The third-order valence-corrected chi connectivity index (χ3v) is 4.53. The van der Waals surface area contributed by atoms with Gasteiger partial charge in [-0.1, -0.05) is 12.7 Å². The molecular weight excluding hydrogens is 455 g/mol. The molecule has 1 aromatic heterocycles. The van der Waals surface area contributed by atoms with E-state index in [-0.39, 0.29) is 41.0 Å². The monoisotopic (exact) mass is 482 g/mol. The maximum Gasteiger partial charge on any atom is 0.262 e. The number of nitrogens with zero attached hydrogens (tertiary/aromatic N) is 3. The summed E-state index contributed by atoms with van der Waals surface area (Å²) in [5.41, 5.74) is 0.110. The lowest BCUT2D eigenvalue weighted by molar-refractivity contribution is -0.110. The molecule has 0 unspecified atom stereocenters. The SMILES string of the molecule is C=C/C(=C\C=C(/CF)Oc1cc(O[C@@H](C)CO)cc(C(=O)Nc2ccn(C(C)C)n2)c1)C(=O)C#N. The first-order valence-corrected chi connectivity index (χ1v) is 10.7.